The normalized spacial score (nSPS) is 12.3. The van der Waals surface area contributed by atoms with Gasteiger partial charge in [0.15, 0.2) is 5.84 Å². The Morgan fingerprint density at radius 2 is 2.11 bits per heavy atom. The maximum atomic E-state index is 12.9. The number of oxime groups is 1. The minimum atomic E-state index is -0.993. The second kappa shape index (κ2) is 5.03. The van der Waals surface area contributed by atoms with Crippen LogP contribution < -0.4 is 11.1 Å². The van der Waals surface area contributed by atoms with Gasteiger partial charge in [-0.3, -0.25) is 4.79 Å². The van der Waals surface area contributed by atoms with E-state index in [9.17, 15) is 9.18 Å². The zero-order chi connectivity index (χ0) is 13.9. The summed E-state index contributed by atoms with van der Waals surface area (Å²) in [6.07, 6.45) is 0. The number of benzene rings is 1. The highest BCUT2D eigenvalue weighted by molar-refractivity contribution is 6.00. The molecule has 0 aliphatic heterocycles. The summed E-state index contributed by atoms with van der Waals surface area (Å²) in [6, 6.07) is 3.87. The van der Waals surface area contributed by atoms with Crippen LogP contribution in [0.2, 0.25) is 0 Å². The van der Waals surface area contributed by atoms with Crippen LogP contribution in [-0.2, 0) is 0 Å². The number of hydrogen-bond acceptors (Lipinski definition) is 3. The quantitative estimate of drug-likeness (QED) is 0.329. The molecular formula is C12H16FN3O2. The molecule has 1 amide bonds. The van der Waals surface area contributed by atoms with Gasteiger partial charge in [-0.25, -0.2) is 4.39 Å². The molecule has 0 saturated carbocycles. The molecule has 98 valence electrons. The molecular weight excluding hydrogens is 237 g/mol. The fourth-order valence-electron chi connectivity index (χ4n) is 1.42. The molecule has 1 aromatic rings. The number of amidine groups is 1. The Morgan fingerprint density at radius 1 is 1.50 bits per heavy atom. The van der Waals surface area contributed by atoms with Gasteiger partial charge in [0.1, 0.15) is 5.82 Å². The van der Waals surface area contributed by atoms with Crippen LogP contribution in [0.1, 0.15) is 29.8 Å². The summed E-state index contributed by atoms with van der Waals surface area (Å²) in [7, 11) is 0. The van der Waals surface area contributed by atoms with E-state index in [-0.39, 0.29) is 5.84 Å². The van der Waals surface area contributed by atoms with Crippen molar-refractivity contribution in [2.75, 3.05) is 0 Å². The monoisotopic (exact) mass is 253 g/mol. The van der Waals surface area contributed by atoms with Gasteiger partial charge in [0.2, 0.25) is 0 Å². The highest BCUT2D eigenvalue weighted by Crippen LogP contribution is 2.12. The van der Waals surface area contributed by atoms with Gasteiger partial charge in [0.25, 0.3) is 5.91 Å². The van der Waals surface area contributed by atoms with Crippen molar-refractivity contribution < 1.29 is 14.4 Å². The van der Waals surface area contributed by atoms with Crippen molar-refractivity contribution in [3.05, 3.63) is 35.1 Å². The molecule has 1 rings (SSSR count). The molecule has 6 heteroatoms. The van der Waals surface area contributed by atoms with Gasteiger partial charge in [-0.1, -0.05) is 5.16 Å². The predicted octanol–water partition coefficient (Wildman–Crippen LogP) is 1.39. The van der Waals surface area contributed by atoms with Gasteiger partial charge in [-0.05, 0) is 44.5 Å². The second-order valence-electron chi connectivity index (χ2n) is 4.52. The molecule has 18 heavy (non-hydrogen) atoms. The number of nitrogens with two attached hydrogens (primary N) is 1. The topological polar surface area (TPSA) is 87.7 Å². The van der Waals surface area contributed by atoms with Crippen molar-refractivity contribution in [2.45, 2.75) is 26.3 Å². The lowest BCUT2D eigenvalue weighted by Crippen LogP contribution is -2.53. The third-order valence-electron chi connectivity index (χ3n) is 2.61. The summed E-state index contributed by atoms with van der Waals surface area (Å²) in [5, 5.41) is 14.1. The smallest absolute Gasteiger partial charge is 0.252 e. The van der Waals surface area contributed by atoms with E-state index in [2.05, 4.69) is 10.5 Å². The maximum Gasteiger partial charge on any atom is 0.252 e. The fraction of sp³-hybridized carbons (Fsp3) is 0.333. The summed E-state index contributed by atoms with van der Waals surface area (Å²) in [6.45, 7) is 4.83. The standard InChI is InChI=1S/C12H16FN3O2/c1-7-6-8(13)4-5-9(7)10(17)15-12(2,3)11(14)16-18/h4-6,18H,1-3H3,(H2,14,16)(H,15,17). The van der Waals surface area contributed by atoms with Gasteiger partial charge >= 0.3 is 0 Å². The summed E-state index contributed by atoms with van der Waals surface area (Å²) in [4.78, 5) is 12.0. The van der Waals surface area contributed by atoms with E-state index < -0.39 is 17.3 Å². The Hall–Kier alpha value is -2.11. The zero-order valence-electron chi connectivity index (χ0n) is 10.5. The Kier molecular flexibility index (Phi) is 3.90. The first-order valence-corrected chi connectivity index (χ1v) is 5.34. The molecule has 0 fully saturated rings. The highest BCUT2D eigenvalue weighted by atomic mass is 19.1. The van der Waals surface area contributed by atoms with Crippen LogP contribution in [0.15, 0.2) is 23.4 Å². The number of amides is 1. The Morgan fingerprint density at radius 3 is 2.61 bits per heavy atom. The van der Waals surface area contributed by atoms with E-state index >= 15 is 0 Å². The van der Waals surface area contributed by atoms with Crippen molar-refractivity contribution in [2.24, 2.45) is 10.9 Å². The average molecular weight is 253 g/mol. The van der Waals surface area contributed by atoms with E-state index in [0.29, 0.717) is 11.1 Å². The van der Waals surface area contributed by atoms with E-state index in [4.69, 9.17) is 10.9 Å². The van der Waals surface area contributed by atoms with Crippen molar-refractivity contribution in [1.29, 1.82) is 0 Å². The van der Waals surface area contributed by atoms with Crippen molar-refractivity contribution in [3.63, 3.8) is 0 Å². The maximum absolute atomic E-state index is 12.9. The van der Waals surface area contributed by atoms with Crippen LogP contribution in [0.4, 0.5) is 4.39 Å². The number of nitrogens with zero attached hydrogens (tertiary/aromatic N) is 1. The molecule has 5 nitrogen and oxygen atoms in total. The van der Waals surface area contributed by atoms with Gasteiger partial charge in [0.05, 0.1) is 5.54 Å². The van der Waals surface area contributed by atoms with Crippen molar-refractivity contribution >= 4 is 11.7 Å². The van der Waals surface area contributed by atoms with Gasteiger partial charge in [0, 0.05) is 5.56 Å². The summed E-state index contributed by atoms with van der Waals surface area (Å²) >= 11 is 0. The fourth-order valence-corrected chi connectivity index (χ4v) is 1.42. The number of carbonyl (C=O) groups is 1. The van der Waals surface area contributed by atoms with Crippen LogP contribution in [0.25, 0.3) is 0 Å². The third kappa shape index (κ3) is 2.97. The first-order chi connectivity index (χ1) is 8.27. The van der Waals surface area contributed by atoms with Crippen LogP contribution in [0.5, 0.6) is 0 Å². The minimum Gasteiger partial charge on any atom is -0.409 e. The van der Waals surface area contributed by atoms with Crippen LogP contribution in [0.3, 0.4) is 0 Å². The SMILES string of the molecule is Cc1cc(F)ccc1C(=O)NC(C)(C)/C(N)=N/O. The summed E-state index contributed by atoms with van der Waals surface area (Å²) in [5.41, 5.74) is 5.33. The van der Waals surface area contributed by atoms with Gasteiger partial charge in [-0.2, -0.15) is 0 Å². The first-order valence-electron chi connectivity index (χ1n) is 5.34. The number of nitrogens with one attached hydrogen (secondary N) is 1. The molecule has 0 atom stereocenters. The number of hydrogen-bond donors (Lipinski definition) is 3. The van der Waals surface area contributed by atoms with Crippen LogP contribution in [0, 0.1) is 12.7 Å². The molecule has 0 radical (unpaired) electrons. The highest BCUT2D eigenvalue weighted by Gasteiger charge is 2.26. The molecule has 0 aliphatic rings. The van der Waals surface area contributed by atoms with Crippen molar-refractivity contribution in [3.8, 4) is 0 Å². The number of halogens is 1. The lowest BCUT2D eigenvalue weighted by molar-refractivity contribution is 0.0930. The number of rotatable bonds is 3. The van der Waals surface area contributed by atoms with Crippen molar-refractivity contribution in [1.82, 2.24) is 5.32 Å². The van der Waals surface area contributed by atoms with Crippen LogP contribution in [-0.4, -0.2) is 22.5 Å². The summed E-state index contributed by atoms with van der Waals surface area (Å²) < 4.78 is 12.9. The number of carbonyl (C=O) groups excluding carboxylic acids is 1. The molecule has 0 bridgehead atoms. The van der Waals surface area contributed by atoms with E-state index in [1.165, 1.54) is 18.2 Å². The Balaban J connectivity index is 2.96. The first kappa shape index (κ1) is 14.0. The van der Waals surface area contributed by atoms with E-state index in [1.54, 1.807) is 20.8 Å². The van der Waals surface area contributed by atoms with Gasteiger partial charge < -0.3 is 16.3 Å². The molecule has 0 aliphatic carbocycles. The van der Waals surface area contributed by atoms with Crippen LogP contribution >= 0.6 is 0 Å². The number of aryl methyl sites for hydroxylation is 1. The molecule has 0 unspecified atom stereocenters. The van der Waals surface area contributed by atoms with E-state index in [1.807, 2.05) is 0 Å². The molecule has 0 spiro atoms. The third-order valence-corrected chi connectivity index (χ3v) is 2.61. The minimum absolute atomic E-state index is 0.115. The predicted molar refractivity (Wildman–Crippen MR) is 66.1 cm³/mol. The van der Waals surface area contributed by atoms with Gasteiger partial charge in [-0.15, -0.1) is 0 Å². The Bertz CT molecular complexity index is 498. The average Bonchev–Trinajstić information content (AvgIpc) is 2.26. The summed E-state index contributed by atoms with van der Waals surface area (Å²) in [5.74, 6) is -0.931. The molecule has 0 aromatic heterocycles. The molecule has 0 saturated heterocycles. The van der Waals surface area contributed by atoms with E-state index in [0.717, 1.165) is 0 Å². The largest absolute Gasteiger partial charge is 0.409 e. The Labute approximate surface area is 104 Å². The molecule has 4 N–H and O–H groups in total. The lowest BCUT2D eigenvalue weighted by atomic mass is 10.0. The molecule has 0 heterocycles. The molecule has 1 aromatic carbocycles. The zero-order valence-corrected chi connectivity index (χ0v) is 10.5. The lowest BCUT2D eigenvalue weighted by Gasteiger charge is -2.24. The second-order valence-corrected chi connectivity index (χ2v) is 4.52.